The van der Waals surface area contributed by atoms with Crippen molar-refractivity contribution in [2.75, 3.05) is 0 Å². The predicted molar refractivity (Wildman–Crippen MR) is 109 cm³/mol. The zero-order valence-electron chi connectivity index (χ0n) is 18.9. The van der Waals surface area contributed by atoms with Crippen molar-refractivity contribution in [1.29, 1.82) is 0 Å². The highest BCUT2D eigenvalue weighted by molar-refractivity contribution is 5.37. The molecule has 0 aliphatic heterocycles. The smallest absolute Gasteiger partial charge is 0.0147 e. The summed E-state index contributed by atoms with van der Waals surface area (Å²) in [6.07, 6.45) is 6.16. The molecule has 0 heteroatoms. The van der Waals surface area contributed by atoms with E-state index in [1.54, 1.807) is 12.8 Å². The molecule has 8 aliphatic carbocycles. The lowest BCUT2D eigenvalue weighted by Gasteiger charge is -2.83. The summed E-state index contributed by atoms with van der Waals surface area (Å²) in [6, 6.07) is 0. The van der Waals surface area contributed by atoms with Crippen LogP contribution in [0.2, 0.25) is 0 Å². The van der Waals surface area contributed by atoms with Gasteiger partial charge in [-0.25, -0.2) is 0 Å². The molecule has 0 N–H and O–H groups in total. The Bertz CT molecular complexity index is 720. The molecule has 0 aromatic carbocycles. The van der Waals surface area contributed by atoms with E-state index >= 15 is 0 Å². The highest BCUT2D eigenvalue weighted by Gasteiger charge is 2.90. The van der Waals surface area contributed by atoms with Crippen LogP contribution < -0.4 is 0 Å². The van der Waals surface area contributed by atoms with E-state index in [9.17, 15) is 0 Å². The van der Waals surface area contributed by atoms with E-state index in [-0.39, 0.29) is 0 Å². The first-order valence-corrected chi connectivity index (χ1v) is 11.8. The van der Waals surface area contributed by atoms with E-state index < -0.39 is 0 Å². The summed E-state index contributed by atoms with van der Waals surface area (Å²) in [6.45, 7) is 24.6. The maximum absolute atomic E-state index is 2.84. The second-order valence-corrected chi connectivity index (χ2v) is 13.9. The Labute approximate surface area is 162 Å². The topological polar surface area (TPSA) is 0 Å². The fourth-order valence-electron chi connectivity index (χ4n) is 13.2. The van der Waals surface area contributed by atoms with Crippen LogP contribution in [0.3, 0.4) is 0 Å². The van der Waals surface area contributed by atoms with Crippen LogP contribution in [0.1, 0.15) is 88.0 Å². The van der Waals surface area contributed by atoms with E-state index in [4.69, 9.17) is 0 Å². The Hall–Kier alpha value is 0. The molecule has 0 amide bonds. The lowest BCUT2D eigenvalue weighted by molar-refractivity contribution is -0.357. The summed E-state index contributed by atoms with van der Waals surface area (Å²) in [5.74, 6) is 6.76. The minimum absolute atomic E-state index is 0.470. The molecule has 1 spiro atoms. The third-order valence-corrected chi connectivity index (χ3v) is 14.3. The van der Waals surface area contributed by atoms with Crippen LogP contribution in [0.5, 0.6) is 0 Å². The Morgan fingerprint density at radius 1 is 0.769 bits per heavy atom. The van der Waals surface area contributed by atoms with Crippen LogP contribution in [-0.2, 0) is 0 Å². The summed E-state index contributed by atoms with van der Waals surface area (Å²) in [4.78, 5) is 0. The molecule has 26 heavy (non-hydrogen) atoms. The van der Waals surface area contributed by atoms with Gasteiger partial charge in [-0.3, -0.25) is 0 Å². The van der Waals surface area contributed by atoms with Crippen LogP contribution >= 0.6 is 0 Å². The summed E-state index contributed by atoms with van der Waals surface area (Å²) in [5.41, 5.74) is 3.34. The first-order chi connectivity index (χ1) is 11.8. The fraction of sp³-hybridized carbons (Fsp3) is 1.00. The molecule has 0 heterocycles. The third-order valence-electron chi connectivity index (χ3n) is 14.3. The lowest BCUT2D eigenvalue weighted by atomic mass is 9.21. The van der Waals surface area contributed by atoms with Gasteiger partial charge in [0.1, 0.15) is 0 Å². The zero-order chi connectivity index (χ0) is 18.9. The SMILES string of the molecule is CC1C2CC34C5CC6C1C(C)(C(C)(C)CC3(C)C5C)C4(C)CC6(C)C2C. The van der Waals surface area contributed by atoms with Gasteiger partial charge in [0, 0.05) is 0 Å². The van der Waals surface area contributed by atoms with Gasteiger partial charge in [0.25, 0.3) is 0 Å². The normalized spacial score (nSPS) is 74.4. The molecular weight excluding hydrogens is 312 g/mol. The molecule has 7 bridgehead atoms. The molecule has 0 nitrogen and oxygen atoms in total. The first-order valence-electron chi connectivity index (χ1n) is 11.8. The molecule has 0 aromatic heterocycles. The first kappa shape index (κ1) is 16.9. The van der Waals surface area contributed by atoms with Gasteiger partial charge in [0.15, 0.2) is 0 Å². The predicted octanol–water partition coefficient (Wildman–Crippen LogP) is 7.04. The minimum atomic E-state index is 0.470. The Kier molecular flexibility index (Phi) is 2.52. The van der Waals surface area contributed by atoms with Crippen molar-refractivity contribution in [2.24, 2.45) is 73.9 Å². The van der Waals surface area contributed by atoms with Gasteiger partial charge >= 0.3 is 0 Å². The Balaban J connectivity index is 1.78. The number of rotatable bonds is 0. The molecule has 0 aromatic rings. The molecule has 12 atom stereocenters. The van der Waals surface area contributed by atoms with Crippen molar-refractivity contribution in [1.82, 2.24) is 0 Å². The van der Waals surface area contributed by atoms with Crippen LogP contribution in [0.15, 0.2) is 0 Å². The zero-order valence-corrected chi connectivity index (χ0v) is 18.9. The van der Waals surface area contributed by atoms with E-state index in [2.05, 4.69) is 62.3 Å². The van der Waals surface area contributed by atoms with Crippen molar-refractivity contribution >= 4 is 0 Å². The summed E-state index contributed by atoms with van der Waals surface area (Å²) >= 11 is 0. The van der Waals surface area contributed by atoms with Crippen LogP contribution in [0.4, 0.5) is 0 Å². The molecule has 146 valence electrons. The fourth-order valence-corrected chi connectivity index (χ4v) is 13.2. The number of hydrogen-bond donors (Lipinski definition) is 0. The third kappa shape index (κ3) is 1.11. The Morgan fingerprint density at radius 2 is 1.42 bits per heavy atom. The minimum Gasteiger partial charge on any atom is -0.0619 e. The van der Waals surface area contributed by atoms with Gasteiger partial charge in [0.05, 0.1) is 0 Å². The molecule has 8 saturated carbocycles. The maximum atomic E-state index is 2.84. The summed E-state index contributed by atoms with van der Waals surface area (Å²) < 4.78 is 0. The largest absolute Gasteiger partial charge is 0.0619 e. The second-order valence-electron chi connectivity index (χ2n) is 13.9. The van der Waals surface area contributed by atoms with Gasteiger partial charge in [-0.05, 0) is 99.6 Å². The highest BCUT2D eigenvalue weighted by atomic mass is 14.9. The molecule has 0 saturated heterocycles. The van der Waals surface area contributed by atoms with Crippen LogP contribution in [0.25, 0.3) is 0 Å². The van der Waals surface area contributed by atoms with Gasteiger partial charge in [0.2, 0.25) is 0 Å². The molecule has 8 aliphatic rings. The van der Waals surface area contributed by atoms with E-state index in [0.717, 1.165) is 41.4 Å². The molecule has 0 radical (unpaired) electrons. The maximum Gasteiger partial charge on any atom is -0.0147 e. The van der Waals surface area contributed by atoms with Crippen molar-refractivity contribution < 1.29 is 0 Å². The number of hydrogen-bond acceptors (Lipinski definition) is 0. The lowest BCUT2D eigenvalue weighted by Crippen LogP contribution is -2.78. The second kappa shape index (κ2) is 3.87. The standard InChI is InChI=1S/C26H42/c1-14-17-11-26-18-10-19-20(14)25(9,21(4,5)12-23(26,7)16(18)3)24(26,8)13-22(19,6)15(17)2/h14-20H,10-13H2,1-9H3. The molecule has 8 rings (SSSR count). The van der Waals surface area contributed by atoms with E-state index in [0.29, 0.717) is 32.5 Å². The Morgan fingerprint density at radius 3 is 2.08 bits per heavy atom. The van der Waals surface area contributed by atoms with Crippen molar-refractivity contribution in [3.63, 3.8) is 0 Å². The molecule has 12 unspecified atom stereocenters. The van der Waals surface area contributed by atoms with Gasteiger partial charge in [-0.15, -0.1) is 0 Å². The van der Waals surface area contributed by atoms with E-state index in [1.807, 2.05) is 0 Å². The molecule has 8 fully saturated rings. The van der Waals surface area contributed by atoms with Crippen molar-refractivity contribution in [2.45, 2.75) is 88.0 Å². The monoisotopic (exact) mass is 354 g/mol. The quantitative estimate of drug-likeness (QED) is 0.437. The van der Waals surface area contributed by atoms with Crippen LogP contribution in [-0.4, -0.2) is 0 Å². The van der Waals surface area contributed by atoms with Crippen molar-refractivity contribution in [3.05, 3.63) is 0 Å². The summed E-state index contributed by atoms with van der Waals surface area (Å²) in [7, 11) is 0. The van der Waals surface area contributed by atoms with Crippen molar-refractivity contribution in [3.8, 4) is 0 Å². The van der Waals surface area contributed by atoms with E-state index in [1.165, 1.54) is 12.8 Å². The van der Waals surface area contributed by atoms with Gasteiger partial charge < -0.3 is 0 Å². The van der Waals surface area contributed by atoms with Crippen LogP contribution in [0, 0.1) is 73.9 Å². The highest BCUT2D eigenvalue weighted by Crippen LogP contribution is 2.95. The van der Waals surface area contributed by atoms with Gasteiger partial charge in [-0.2, -0.15) is 0 Å². The van der Waals surface area contributed by atoms with Gasteiger partial charge in [-0.1, -0.05) is 62.3 Å². The average Bonchev–Trinajstić information content (AvgIpc) is 2.70. The summed E-state index contributed by atoms with van der Waals surface area (Å²) in [5, 5.41) is 0. The average molecular weight is 355 g/mol. The molecular formula is C26H42.